The molecular formula is C16H26F2N2. The fraction of sp³-hybridized carbons (Fsp3) is 0.625. The molecule has 1 aromatic carbocycles. The molecule has 0 radical (unpaired) electrons. The van der Waals surface area contributed by atoms with E-state index in [2.05, 4.69) is 31.1 Å². The van der Waals surface area contributed by atoms with Crippen molar-refractivity contribution in [2.24, 2.45) is 0 Å². The number of nitrogens with zero attached hydrogens (tertiary/aromatic N) is 1. The van der Waals surface area contributed by atoms with Crippen LogP contribution < -0.4 is 5.32 Å². The molecule has 0 aromatic heterocycles. The first-order valence-corrected chi connectivity index (χ1v) is 7.30. The summed E-state index contributed by atoms with van der Waals surface area (Å²) in [5.74, 6) is -1.58. The van der Waals surface area contributed by atoms with Crippen molar-refractivity contribution in [1.29, 1.82) is 0 Å². The van der Waals surface area contributed by atoms with Gasteiger partial charge in [0.2, 0.25) is 0 Å². The van der Waals surface area contributed by atoms with Crippen molar-refractivity contribution in [2.45, 2.75) is 45.7 Å². The van der Waals surface area contributed by atoms with E-state index in [0.29, 0.717) is 6.04 Å². The summed E-state index contributed by atoms with van der Waals surface area (Å²) >= 11 is 0. The Balaban J connectivity index is 2.26. The highest BCUT2D eigenvalue weighted by atomic mass is 19.2. The lowest BCUT2D eigenvalue weighted by atomic mass is 10.1. The van der Waals surface area contributed by atoms with Gasteiger partial charge in [-0.25, -0.2) is 8.78 Å². The number of halogens is 2. The van der Waals surface area contributed by atoms with Crippen molar-refractivity contribution in [2.75, 3.05) is 20.1 Å². The monoisotopic (exact) mass is 284 g/mol. The summed E-state index contributed by atoms with van der Waals surface area (Å²) in [7, 11) is 2.13. The maximum Gasteiger partial charge on any atom is 0.159 e. The first kappa shape index (κ1) is 17.1. The van der Waals surface area contributed by atoms with Gasteiger partial charge in [-0.3, -0.25) is 0 Å². The molecule has 0 aliphatic heterocycles. The van der Waals surface area contributed by atoms with E-state index >= 15 is 0 Å². The Labute approximate surface area is 121 Å². The summed E-state index contributed by atoms with van der Waals surface area (Å²) in [6.07, 6.45) is 2.21. The molecular weight excluding hydrogens is 258 g/mol. The molecule has 2 nitrogen and oxygen atoms in total. The van der Waals surface area contributed by atoms with Crippen molar-refractivity contribution in [3.05, 3.63) is 35.4 Å². The smallest absolute Gasteiger partial charge is 0.159 e. The van der Waals surface area contributed by atoms with Crippen LogP contribution >= 0.6 is 0 Å². The van der Waals surface area contributed by atoms with Crippen LogP contribution in [0.15, 0.2) is 18.2 Å². The highest BCUT2D eigenvalue weighted by Crippen LogP contribution is 2.15. The van der Waals surface area contributed by atoms with E-state index in [1.54, 1.807) is 6.07 Å². The van der Waals surface area contributed by atoms with Gasteiger partial charge in [-0.05, 0) is 71.4 Å². The highest BCUT2D eigenvalue weighted by Gasteiger charge is 2.08. The zero-order chi connectivity index (χ0) is 15.1. The maximum atomic E-state index is 13.1. The van der Waals surface area contributed by atoms with Crippen LogP contribution in [-0.4, -0.2) is 31.1 Å². The van der Waals surface area contributed by atoms with Crippen LogP contribution in [0.4, 0.5) is 8.78 Å². The van der Waals surface area contributed by atoms with Crippen molar-refractivity contribution >= 4 is 0 Å². The van der Waals surface area contributed by atoms with Gasteiger partial charge in [0.05, 0.1) is 0 Å². The average Bonchev–Trinajstić information content (AvgIpc) is 2.40. The van der Waals surface area contributed by atoms with Crippen molar-refractivity contribution in [1.82, 2.24) is 10.2 Å². The molecule has 0 spiro atoms. The predicted octanol–water partition coefficient (Wildman–Crippen LogP) is 3.74. The third-order valence-corrected chi connectivity index (χ3v) is 3.71. The molecule has 0 saturated carbocycles. The second kappa shape index (κ2) is 8.32. The quantitative estimate of drug-likeness (QED) is 0.732. The Morgan fingerprint density at radius 3 is 2.40 bits per heavy atom. The van der Waals surface area contributed by atoms with Gasteiger partial charge in [-0.2, -0.15) is 0 Å². The number of rotatable bonds is 8. The Morgan fingerprint density at radius 1 is 1.10 bits per heavy atom. The summed E-state index contributed by atoms with van der Waals surface area (Å²) < 4.78 is 26.0. The predicted molar refractivity (Wildman–Crippen MR) is 79.8 cm³/mol. The first-order chi connectivity index (χ1) is 9.41. The lowest BCUT2D eigenvalue weighted by molar-refractivity contribution is 0.267. The minimum atomic E-state index is -0.794. The van der Waals surface area contributed by atoms with Crippen LogP contribution in [0.25, 0.3) is 0 Å². The number of hydrogen-bond acceptors (Lipinski definition) is 2. The zero-order valence-electron chi connectivity index (χ0n) is 12.9. The summed E-state index contributed by atoms with van der Waals surface area (Å²) in [6, 6.07) is 4.68. The van der Waals surface area contributed by atoms with Gasteiger partial charge in [0.1, 0.15) is 0 Å². The number of benzene rings is 1. The molecule has 1 aromatic rings. The molecule has 0 aliphatic carbocycles. The van der Waals surface area contributed by atoms with Gasteiger partial charge in [0, 0.05) is 12.1 Å². The lowest BCUT2D eigenvalue weighted by Crippen LogP contribution is -2.28. The standard InChI is InChI=1S/C16H26F2N2/c1-12(2)20(4)10-6-5-9-19-13(3)14-7-8-15(17)16(18)11-14/h7-8,11-13,19H,5-6,9-10H2,1-4H3. The fourth-order valence-electron chi connectivity index (χ4n) is 1.96. The minimum absolute atomic E-state index is 0.0351. The van der Waals surface area contributed by atoms with Crippen LogP contribution in [0.2, 0.25) is 0 Å². The van der Waals surface area contributed by atoms with E-state index < -0.39 is 11.6 Å². The van der Waals surface area contributed by atoms with Crippen LogP contribution in [0.5, 0.6) is 0 Å². The molecule has 1 rings (SSSR count). The van der Waals surface area contributed by atoms with E-state index in [4.69, 9.17) is 0 Å². The lowest BCUT2D eigenvalue weighted by Gasteiger charge is -2.21. The molecule has 1 atom stereocenters. The molecule has 0 fully saturated rings. The van der Waals surface area contributed by atoms with Crippen LogP contribution in [0.3, 0.4) is 0 Å². The van der Waals surface area contributed by atoms with Gasteiger partial charge >= 0.3 is 0 Å². The van der Waals surface area contributed by atoms with Crippen molar-refractivity contribution in [3.8, 4) is 0 Å². The summed E-state index contributed by atoms with van der Waals surface area (Å²) in [5, 5.41) is 3.34. The maximum absolute atomic E-state index is 13.1. The van der Waals surface area contributed by atoms with Crippen LogP contribution in [-0.2, 0) is 0 Å². The Bertz CT molecular complexity index is 407. The summed E-state index contributed by atoms with van der Waals surface area (Å²) in [4.78, 5) is 2.32. The van der Waals surface area contributed by atoms with Gasteiger partial charge < -0.3 is 10.2 Å². The van der Waals surface area contributed by atoms with Gasteiger partial charge in [-0.15, -0.1) is 0 Å². The fourth-order valence-corrected chi connectivity index (χ4v) is 1.96. The number of hydrogen-bond donors (Lipinski definition) is 1. The zero-order valence-corrected chi connectivity index (χ0v) is 12.9. The Kier molecular flexibility index (Phi) is 7.10. The van der Waals surface area contributed by atoms with E-state index in [1.807, 2.05) is 6.92 Å². The molecule has 0 bridgehead atoms. The highest BCUT2D eigenvalue weighted by molar-refractivity contribution is 5.20. The summed E-state index contributed by atoms with van der Waals surface area (Å²) in [5.41, 5.74) is 0.781. The number of nitrogens with one attached hydrogen (secondary N) is 1. The van der Waals surface area contributed by atoms with E-state index in [-0.39, 0.29) is 6.04 Å². The van der Waals surface area contributed by atoms with Crippen molar-refractivity contribution in [3.63, 3.8) is 0 Å². The molecule has 4 heteroatoms. The topological polar surface area (TPSA) is 15.3 Å². The largest absolute Gasteiger partial charge is 0.310 e. The second-order valence-corrected chi connectivity index (χ2v) is 5.63. The average molecular weight is 284 g/mol. The van der Waals surface area contributed by atoms with Crippen LogP contribution in [0.1, 0.15) is 45.2 Å². The van der Waals surface area contributed by atoms with Gasteiger partial charge in [-0.1, -0.05) is 6.07 Å². The third-order valence-electron chi connectivity index (χ3n) is 3.71. The molecule has 0 amide bonds. The SMILES string of the molecule is CC(NCCCCN(C)C(C)C)c1ccc(F)c(F)c1. The third kappa shape index (κ3) is 5.55. The van der Waals surface area contributed by atoms with Crippen LogP contribution in [0, 0.1) is 11.6 Å². The van der Waals surface area contributed by atoms with Crippen molar-refractivity contribution < 1.29 is 8.78 Å². The molecule has 1 unspecified atom stereocenters. The molecule has 114 valence electrons. The van der Waals surface area contributed by atoms with Gasteiger partial charge in [0.15, 0.2) is 11.6 Å². The Hall–Kier alpha value is -1.00. The minimum Gasteiger partial charge on any atom is -0.310 e. The second-order valence-electron chi connectivity index (χ2n) is 5.63. The molecule has 0 saturated heterocycles. The normalized spacial score (nSPS) is 13.2. The van der Waals surface area contributed by atoms with E-state index in [0.717, 1.165) is 31.5 Å². The Morgan fingerprint density at radius 2 is 1.80 bits per heavy atom. The summed E-state index contributed by atoms with van der Waals surface area (Å²) in [6.45, 7) is 8.30. The molecule has 1 N–H and O–H groups in total. The molecule has 0 heterocycles. The molecule has 20 heavy (non-hydrogen) atoms. The number of unbranched alkanes of at least 4 members (excludes halogenated alkanes) is 1. The van der Waals surface area contributed by atoms with E-state index in [9.17, 15) is 8.78 Å². The van der Waals surface area contributed by atoms with Gasteiger partial charge in [0.25, 0.3) is 0 Å². The van der Waals surface area contributed by atoms with E-state index in [1.165, 1.54) is 12.1 Å². The molecule has 0 aliphatic rings. The first-order valence-electron chi connectivity index (χ1n) is 7.30.